The van der Waals surface area contributed by atoms with Crippen LogP contribution in [0.4, 0.5) is 0 Å². The molecule has 126 valence electrons. The lowest BCUT2D eigenvalue weighted by Crippen LogP contribution is -2.39. The van der Waals surface area contributed by atoms with Crippen LogP contribution in [0.3, 0.4) is 0 Å². The second-order valence-electron chi connectivity index (χ2n) is 5.03. The number of likely N-dealkylation sites (N-methyl/N-ethyl adjacent to an activating group) is 1. The first-order chi connectivity index (χ1) is 10.2. The molecule has 0 saturated carbocycles. The number of benzene rings is 1. The van der Waals surface area contributed by atoms with Gasteiger partial charge < -0.3 is 20.3 Å². The molecule has 0 saturated heterocycles. The van der Waals surface area contributed by atoms with Crippen LogP contribution in [0, 0.1) is 0 Å². The van der Waals surface area contributed by atoms with Gasteiger partial charge in [0.1, 0.15) is 0 Å². The van der Waals surface area contributed by atoms with Gasteiger partial charge in [-0.1, -0.05) is 30.3 Å². The standard InChI is InChI=1S/C16H28N4O.HI/c1-5-17-16(18-11-12-21-4)19-13-15(20(2)3)14-9-7-6-8-10-14;/h6-10,15H,5,11-13H2,1-4H3,(H2,17,18,19);1H. The summed E-state index contributed by atoms with van der Waals surface area (Å²) < 4.78 is 5.05. The van der Waals surface area contributed by atoms with Crippen LogP contribution in [0.25, 0.3) is 0 Å². The predicted octanol–water partition coefficient (Wildman–Crippen LogP) is 2.11. The molecule has 6 heteroatoms. The van der Waals surface area contributed by atoms with Crippen LogP contribution >= 0.6 is 24.0 Å². The van der Waals surface area contributed by atoms with E-state index in [4.69, 9.17) is 4.74 Å². The van der Waals surface area contributed by atoms with E-state index in [1.807, 2.05) is 6.07 Å². The van der Waals surface area contributed by atoms with Gasteiger partial charge in [0, 0.05) is 20.2 Å². The summed E-state index contributed by atoms with van der Waals surface area (Å²) in [5.41, 5.74) is 1.28. The Morgan fingerprint density at radius 2 is 1.91 bits per heavy atom. The number of hydrogen-bond donors (Lipinski definition) is 2. The van der Waals surface area contributed by atoms with Gasteiger partial charge in [0.25, 0.3) is 0 Å². The van der Waals surface area contributed by atoms with E-state index >= 15 is 0 Å². The summed E-state index contributed by atoms with van der Waals surface area (Å²) >= 11 is 0. The third-order valence-corrected chi connectivity index (χ3v) is 3.17. The first-order valence-corrected chi connectivity index (χ1v) is 7.41. The summed E-state index contributed by atoms with van der Waals surface area (Å²) in [6.45, 7) is 5.03. The topological polar surface area (TPSA) is 48.9 Å². The molecule has 22 heavy (non-hydrogen) atoms. The zero-order chi connectivity index (χ0) is 15.5. The van der Waals surface area contributed by atoms with Crippen molar-refractivity contribution in [2.75, 3.05) is 47.4 Å². The summed E-state index contributed by atoms with van der Waals surface area (Å²) in [7, 11) is 5.86. The zero-order valence-electron chi connectivity index (χ0n) is 14.0. The maximum Gasteiger partial charge on any atom is 0.191 e. The van der Waals surface area contributed by atoms with Gasteiger partial charge in [-0.15, -0.1) is 24.0 Å². The largest absolute Gasteiger partial charge is 0.383 e. The molecule has 0 aliphatic carbocycles. The van der Waals surface area contributed by atoms with Gasteiger partial charge in [-0.2, -0.15) is 0 Å². The third-order valence-electron chi connectivity index (χ3n) is 3.17. The number of rotatable bonds is 8. The summed E-state index contributed by atoms with van der Waals surface area (Å²) in [6, 6.07) is 10.7. The first-order valence-electron chi connectivity index (χ1n) is 7.41. The molecule has 0 amide bonds. The van der Waals surface area contributed by atoms with E-state index in [1.54, 1.807) is 7.11 Å². The molecule has 0 aromatic heterocycles. The number of nitrogens with one attached hydrogen (secondary N) is 2. The summed E-state index contributed by atoms with van der Waals surface area (Å²) in [4.78, 5) is 6.87. The molecule has 1 atom stereocenters. The van der Waals surface area contributed by atoms with Gasteiger partial charge in [0.15, 0.2) is 5.96 Å². The van der Waals surface area contributed by atoms with Crippen LogP contribution in [0.5, 0.6) is 0 Å². The Kier molecular flexibility index (Phi) is 12.2. The maximum atomic E-state index is 5.05. The Morgan fingerprint density at radius 3 is 2.45 bits per heavy atom. The lowest BCUT2D eigenvalue weighted by molar-refractivity contribution is 0.203. The van der Waals surface area contributed by atoms with Crippen molar-refractivity contribution >= 4 is 29.9 Å². The van der Waals surface area contributed by atoms with Gasteiger partial charge in [-0.25, -0.2) is 0 Å². The van der Waals surface area contributed by atoms with E-state index in [9.17, 15) is 0 Å². The van der Waals surface area contributed by atoms with Crippen molar-refractivity contribution < 1.29 is 4.74 Å². The van der Waals surface area contributed by atoms with Crippen molar-refractivity contribution in [1.82, 2.24) is 15.5 Å². The molecule has 1 aromatic carbocycles. The van der Waals surface area contributed by atoms with Gasteiger partial charge >= 0.3 is 0 Å². The van der Waals surface area contributed by atoms with Gasteiger partial charge in [-0.05, 0) is 26.6 Å². The lowest BCUT2D eigenvalue weighted by atomic mass is 10.1. The zero-order valence-corrected chi connectivity index (χ0v) is 16.3. The predicted molar refractivity (Wildman–Crippen MR) is 104 cm³/mol. The average molecular weight is 420 g/mol. The van der Waals surface area contributed by atoms with Crippen LogP contribution in [-0.2, 0) is 4.74 Å². The second kappa shape index (κ2) is 12.7. The average Bonchev–Trinajstić information content (AvgIpc) is 2.48. The fourth-order valence-corrected chi connectivity index (χ4v) is 2.03. The summed E-state index contributed by atoms with van der Waals surface area (Å²) in [5, 5.41) is 6.51. The minimum Gasteiger partial charge on any atom is -0.383 e. The van der Waals surface area contributed by atoms with Crippen LogP contribution in [0.15, 0.2) is 35.3 Å². The normalized spacial score (nSPS) is 12.7. The van der Waals surface area contributed by atoms with Gasteiger partial charge in [0.2, 0.25) is 0 Å². The van der Waals surface area contributed by atoms with Crippen molar-refractivity contribution in [3.63, 3.8) is 0 Å². The Bertz CT molecular complexity index is 412. The number of guanidine groups is 1. The lowest BCUT2D eigenvalue weighted by Gasteiger charge is -2.23. The van der Waals surface area contributed by atoms with Crippen LogP contribution in [-0.4, -0.2) is 58.3 Å². The second-order valence-corrected chi connectivity index (χ2v) is 5.03. The van der Waals surface area contributed by atoms with E-state index in [2.05, 4.69) is 65.8 Å². The van der Waals surface area contributed by atoms with E-state index < -0.39 is 0 Å². The number of hydrogen-bond acceptors (Lipinski definition) is 3. The van der Waals surface area contributed by atoms with Crippen molar-refractivity contribution in [1.29, 1.82) is 0 Å². The SMILES string of the molecule is CCNC(=NCC(c1ccccc1)N(C)C)NCCOC.I. The van der Waals surface area contributed by atoms with Crippen molar-refractivity contribution in [3.05, 3.63) is 35.9 Å². The number of methoxy groups -OCH3 is 1. The number of ether oxygens (including phenoxy) is 1. The fraction of sp³-hybridized carbons (Fsp3) is 0.562. The highest BCUT2D eigenvalue weighted by atomic mass is 127. The Balaban J connectivity index is 0.00000441. The van der Waals surface area contributed by atoms with Crippen molar-refractivity contribution in [2.45, 2.75) is 13.0 Å². The highest BCUT2D eigenvalue weighted by Gasteiger charge is 2.13. The molecule has 0 aliphatic heterocycles. The molecule has 2 N–H and O–H groups in total. The minimum atomic E-state index is 0. The van der Waals surface area contributed by atoms with E-state index in [0.29, 0.717) is 13.2 Å². The minimum absolute atomic E-state index is 0. The monoisotopic (exact) mass is 420 g/mol. The molecule has 0 bridgehead atoms. The summed E-state index contributed by atoms with van der Waals surface area (Å²) in [5.74, 6) is 0.831. The van der Waals surface area contributed by atoms with Crippen molar-refractivity contribution in [2.24, 2.45) is 4.99 Å². The molecule has 0 spiro atoms. The fourth-order valence-electron chi connectivity index (χ4n) is 2.03. The van der Waals surface area contributed by atoms with Gasteiger partial charge in [-0.3, -0.25) is 4.99 Å². The molecule has 1 unspecified atom stereocenters. The number of nitrogens with zero attached hydrogens (tertiary/aromatic N) is 2. The Hall–Kier alpha value is -0.860. The first kappa shape index (κ1) is 21.1. The van der Waals surface area contributed by atoms with Gasteiger partial charge in [0.05, 0.1) is 19.2 Å². The number of aliphatic imine (C=N–C) groups is 1. The molecular weight excluding hydrogens is 391 g/mol. The van der Waals surface area contributed by atoms with E-state index in [1.165, 1.54) is 5.56 Å². The smallest absolute Gasteiger partial charge is 0.191 e. The van der Waals surface area contributed by atoms with Crippen LogP contribution in [0.1, 0.15) is 18.5 Å². The van der Waals surface area contributed by atoms with E-state index in [-0.39, 0.29) is 30.0 Å². The molecule has 0 aliphatic rings. The molecular formula is C16H29IN4O. The van der Waals surface area contributed by atoms with E-state index in [0.717, 1.165) is 19.0 Å². The van der Waals surface area contributed by atoms with Crippen LogP contribution < -0.4 is 10.6 Å². The highest BCUT2D eigenvalue weighted by Crippen LogP contribution is 2.17. The van der Waals surface area contributed by atoms with Crippen molar-refractivity contribution in [3.8, 4) is 0 Å². The third kappa shape index (κ3) is 7.95. The Morgan fingerprint density at radius 1 is 1.23 bits per heavy atom. The maximum absolute atomic E-state index is 5.05. The molecule has 0 radical (unpaired) electrons. The quantitative estimate of drug-likeness (QED) is 0.293. The highest BCUT2D eigenvalue weighted by molar-refractivity contribution is 14.0. The molecule has 5 nitrogen and oxygen atoms in total. The summed E-state index contributed by atoms with van der Waals surface area (Å²) in [6.07, 6.45) is 0. The van der Waals surface area contributed by atoms with Crippen LogP contribution in [0.2, 0.25) is 0 Å². The molecule has 0 fully saturated rings. The Labute approximate surface area is 151 Å². The molecule has 1 aromatic rings. The molecule has 1 rings (SSSR count). The number of halogens is 1. The molecule has 0 heterocycles.